The molecule has 3 aliphatic heterocycles. The van der Waals surface area contributed by atoms with E-state index in [1.807, 2.05) is 43.8 Å². The number of nitrogens with zero attached hydrogens (tertiary/aromatic N) is 3. The fraction of sp³-hybridized carbons (Fsp3) is 0.593. The Balaban J connectivity index is 1.39. The molecule has 1 unspecified atom stereocenters. The van der Waals surface area contributed by atoms with E-state index in [0.717, 1.165) is 37.2 Å². The van der Waals surface area contributed by atoms with Crippen molar-refractivity contribution in [2.75, 3.05) is 33.9 Å². The summed E-state index contributed by atoms with van der Waals surface area (Å²) in [5, 5.41) is 16.9. The average molecular weight is 499 g/mol. The van der Waals surface area contributed by atoms with E-state index >= 15 is 0 Å². The summed E-state index contributed by atoms with van der Waals surface area (Å²) in [5.74, 6) is 1.35. The number of hydrogen-bond acceptors (Lipinski definition) is 6. The molecular formula is C27H38N4O5. The number of piperidine rings is 3. The predicted molar refractivity (Wildman–Crippen MR) is 136 cm³/mol. The van der Waals surface area contributed by atoms with Gasteiger partial charge < -0.3 is 19.9 Å². The summed E-state index contributed by atoms with van der Waals surface area (Å²) in [7, 11) is 5.27. The van der Waals surface area contributed by atoms with Gasteiger partial charge in [-0.15, -0.1) is 0 Å². The number of hydrogen-bond donors (Lipinski definition) is 2. The second kappa shape index (κ2) is 10.5. The normalized spacial score (nSPS) is 23.4. The molecule has 9 nitrogen and oxygen atoms in total. The summed E-state index contributed by atoms with van der Waals surface area (Å²) < 4.78 is 12.8. The monoisotopic (exact) mass is 498 g/mol. The zero-order valence-corrected chi connectivity index (χ0v) is 21.9. The highest BCUT2D eigenvalue weighted by molar-refractivity contribution is 5.78. The molecule has 2 N–H and O–H groups in total. The molecule has 0 saturated carbocycles. The van der Waals surface area contributed by atoms with Crippen LogP contribution in [0.3, 0.4) is 0 Å². The molecular weight excluding hydrogens is 460 g/mol. The highest BCUT2D eigenvalue weighted by atomic mass is 16.5. The topological polar surface area (TPSA) is 106 Å². The molecule has 1 aromatic carbocycles. The molecule has 2 bridgehead atoms. The maximum atomic E-state index is 12.5. The third-order valence-corrected chi connectivity index (χ3v) is 7.66. The number of benzene rings is 1. The lowest BCUT2D eigenvalue weighted by Gasteiger charge is -2.50. The van der Waals surface area contributed by atoms with Crippen molar-refractivity contribution in [3.05, 3.63) is 30.0 Å². The van der Waals surface area contributed by atoms with Gasteiger partial charge in [0.25, 0.3) is 0 Å². The van der Waals surface area contributed by atoms with Crippen LogP contribution in [0, 0.1) is 11.3 Å². The standard InChI is InChI=1S/C27H38N4O5/c1-27(2,14-26(33)34)13-25(32)28-15-19-10-17-8-9-31(19)16-20(17)22-12-21(29-30(22)3)18-6-7-23(35-4)24(11-18)36-5/h6-7,11-12,17,19-20H,8-10,13-16H2,1-5H3,(H,28,32)(H,33,34)/t17-,19-,20+/m1/s1. The van der Waals surface area contributed by atoms with Crippen LogP contribution in [0.25, 0.3) is 11.3 Å². The van der Waals surface area contributed by atoms with Crippen LogP contribution in [0.4, 0.5) is 0 Å². The van der Waals surface area contributed by atoms with Gasteiger partial charge in [-0.1, -0.05) is 13.8 Å². The number of amides is 1. The first kappa shape index (κ1) is 26.0. The first-order valence-electron chi connectivity index (χ1n) is 12.6. The minimum absolute atomic E-state index is 0.0181. The number of aliphatic carboxylic acids is 1. The summed E-state index contributed by atoms with van der Waals surface area (Å²) in [6, 6.07) is 8.36. The quantitative estimate of drug-likeness (QED) is 0.518. The van der Waals surface area contributed by atoms with Crippen molar-refractivity contribution >= 4 is 11.9 Å². The molecule has 196 valence electrons. The van der Waals surface area contributed by atoms with Crippen LogP contribution < -0.4 is 14.8 Å². The molecule has 4 atom stereocenters. The van der Waals surface area contributed by atoms with Gasteiger partial charge in [-0.05, 0) is 55.0 Å². The lowest BCUT2D eigenvalue weighted by Crippen LogP contribution is -2.56. The first-order valence-corrected chi connectivity index (χ1v) is 12.6. The Labute approximate surface area is 212 Å². The largest absolute Gasteiger partial charge is 0.493 e. The Morgan fingerprint density at radius 2 is 1.92 bits per heavy atom. The minimum Gasteiger partial charge on any atom is -0.493 e. The Morgan fingerprint density at radius 3 is 2.56 bits per heavy atom. The third kappa shape index (κ3) is 5.67. The van der Waals surface area contributed by atoms with Crippen LogP contribution in [0.1, 0.15) is 51.1 Å². The van der Waals surface area contributed by atoms with Gasteiger partial charge in [0.2, 0.25) is 5.91 Å². The van der Waals surface area contributed by atoms with E-state index < -0.39 is 11.4 Å². The highest BCUT2D eigenvalue weighted by Crippen LogP contribution is 2.42. The van der Waals surface area contributed by atoms with E-state index in [2.05, 4.69) is 16.3 Å². The molecule has 1 aromatic heterocycles. The van der Waals surface area contributed by atoms with Crippen LogP contribution >= 0.6 is 0 Å². The van der Waals surface area contributed by atoms with Crippen molar-refractivity contribution in [1.29, 1.82) is 0 Å². The smallest absolute Gasteiger partial charge is 0.303 e. The Kier molecular flexibility index (Phi) is 7.59. The van der Waals surface area contributed by atoms with Crippen LogP contribution in [-0.4, -0.2) is 71.6 Å². The van der Waals surface area contributed by atoms with Crippen molar-refractivity contribution < 1.29 is 24.2 Å². The van der Waals surface area contributed by atoms with Crippen LogP contribution in [0.5, 0.6) is 11.5 Å². The van der Waals surface area contributed by atoms with E-state index in [-0.39, 0.29) is 18.7 Å². The molecule has 3 fully saturated rings. The molecule has 0 aliphatic carbocycles. The summed E-state index contributed by atoms with van der Waals surface area (Å²) in [4.78, 5) is 26.0. The van der Waals surface area contributed by atoms with Crippen LogP contribution in [0.2, 0.25) is 0 Å². The second-order valence-electron chi connectivity index (χ2n) is 10.9. The maximum Gasteiger partial charge on any atom is 0.303 e. The number of methoxy groups -OCH3 is 2. The van der Waals surface area contributed by atoms with E-state index in [1.54, 1.807) is 14.2 Å². The number of ether oxygens (including phenoxy) is 2. The zero-order valence-electron chi connectivity index (χ0n) is 21.9. The molecule has 9 heteroatoms. The van der Waals surface area contributed by atoms with Crippen molar-refractivity contribution in [1.82, 2.24) is 20.0 Å². The predicted octanol–water partition coefficient (Wildman–Crippen LogP) is 3.29. The maximum absolute atomic E-state index is 12.5. The second-order valence-corrected chi connectivity index (χ2v) is 10.9. The number of fused-ring (bicyclic) bond motifs is 3. The molecule has 3 aliphatic rings. The van der Waals surface area contributed by atoms with Crippen molar-refractivity contribution in [2.45, 2.75) is 51.5 Å². The molecule has 4 heterocycles. The highest BCUT2D eigenvalue weighted by Gasteiger charge is 2.42. The van der Waals surface area contributed by atoms with E-state index in [0.29, 0.717) is 35.9 Å². The van der Waals surface area contributed by atoms with E-state index in [1.165, 1.54) is 5.69 Å². The number of aryl methyl sites for hydroxylation is 1. The van der Waals surface area contributed by atoms with Gasteiger partial charge in [0.05, 0.1) is 26.3 Å². The van der Waals surface area contributed by atoms with Gasteiger partial charge in [0.1, 0.15) is 0 Å². The van der Waals surface area contributed by atoms with Crippen molar-refractivity contribution in [3.63, 3.8) is 0 Å². The number of rotatable bonds is 10. The summed E-state index contributed by atoms with van der Waals surface area (Å²) in [6.45, 7) is 6.23. The number of carboxylic acid groups (broad SMARTS) is 1. The van der Waals surface area contributed by atoms with Gasteiger partial charge in [0, 0.05) is 49.8 Å². The minimum atomic E-state index is -0.876. The Hall–Kier alpha value is -3.07. The summed E-state index contributed by atoms with van der Waals surface area (Å²) in [6.07, 6.45) is 2.36. The lowest BCUT2D eigenvalue weighted by molar-refractivity contribution is -0.139. The van der Waals surface area contributed by atoms with Gasteiger partial charge in [-0.3, -0.25) is 19.2 Å². The lowest BCUT2D eigenvalue weighted by atomic mass is 9.74. The number of carboxylic acids is 1. The number of nitrogens with one attached hydrogen (secondary N) is 1. The van der Waals surface area contributed by atoms with Gasteiger partial charge in [-0.25, -0.2) is 0 Å². The molecule has 5 rings (SSSR count). The fourth-order valence-electron chi connectivity index (χ4n) is 5.85. The van der Waals surface area contributed by atoms with Gasteiger partial charge >= 0.3 is 5.97 Å². The van der Waals surface area contributed by atoms with Crippen molar-refractivity contribution in [2.24, 2.45) is 18.4 Å². The molecule has 0 spiro atoms. The molecule has 2 aromatic rings. The summed E-state index contributed by atoms with van der Waals surface area (Å²) >= 11 is 0. The summed E-state index contributed by atoms with van der Waals surface area (Å²) in [5.41, 5.74) is 2.57. The van der Waals surface area contributed by atoms with Gasteiger partial charge in [0.15, 0.2) is 11.5 Å². The first-order chi connectivity index (χ1) is 17.1. The van der Waals surface area contributed by atoms with E-state index in [4.69, 9.17) is 19.7 Å². The van der Waals surface area contributed by atoms with E-state index in [9.17, 15) is 9.59 Å². The molecule has 0 radical (unpaired) electrons. The molecule has 36 heavy (non-hydrogen) atoms. The average Bonchev–Trinajstić information content (AvgIpc) is 3.22. The van der Waals surface area contributed by atoms with Crippen molar-refractivity contribution in [3.8, 4) is 22.8 Å². The van der Waals surface area contributed by atoms with Crippen LogP contribution in [-0.2, 0) is 16.6 Å². The van der Waals surface area contributed by atoms with Gasteiger partial charge in [-0.2, -0.15) is 5.10 Å². The number of carbonyl (C=O) groups is 2. The number of aromatic nitrogens is 2. The fourth-order valence-corrected chi connectivity index (χ4v) is 5.85. The number of carbonyl (C=O) groups excluding carboxylic acids is 1. The Morgan fingerprint density at radius 1 is 1.17 bits per heavy atom. The molecule has 3 saturated heterocycles. The zero-order chi connectivity index (χ0) is 26.0. The Bertz CT molecular complexity index is 1110. The molecule has 1 amide bonds. The van der Waals surface area contributed by atoms with Crippen LogP contribution in [0.15, 0.2) is 24.3 Å². The SMILES string of the molecule is COc1ccc(-c2cc([C@H]3CN4CC[C@@H]3C[C@@H]4CNC(=O)CC(C)(C)CC(=O)O)n(C)n2)cc1OC. The third-order valence-electron chi connectivity index (χ3n) is 7.66.